The molecule has 0 aliphatic heterocycles. The maximum Gasteiger partial charge on any atom is 0.223 e. The fourth-order valence-corrected chi connectivity index (χ4v) is 3.42. The van der Waals surface area contributed by atoms with E-state index < -0.39 is 10.0 Å². The van der Waals surface area contributed by atoms with E-state index in [0.29, 0.717) is 6.54 Å². The Hall–Kier alpha value is -1.40. The first-order chi connectivity index (χ1) is 11.3. The predicted molar refractivity (Wildman–Crippen MR) is 98.2 cm³/mol. The number of carbonyl (C=O) groups excluding carboxylic acids is 1. The molecule has 1 amide bonds. The minimum atomic E-state index is -3.36. The van der Waals surface area contributed by atoms with Crippen LogP contribution in [0.25, 0.3) is 0 Å². The number of hydrogen-bond acceptors (Lipinski definition) is 3. The summed E-state index contributed by atoms with van der Waals surface area (Å²) in [6.45, 7) is 8.02. The molecule has 0 fully saturated rings. The fourth-order valence-electron chi connectivity index (χ4n) is 2.62. The van der Waals surface area contributed by atoms with Crippen LogP contribution in [-0.2, 0) is 21.4 Å². The van der Waals surface area contributed by atoms with Gasteiger partial charge in [-0.05, 0) is 30.9 Å². The summed E-state index contributed by atoms with van der Waals surface area (Å²) in [5, 5.41) is 0. The Morgan fingerprint density at radius 1 is 1.04 bits per heavy atom. The number of nitrogens with zero attached hydrogens (tertiary/aromatic N) is 2. The number of sulfonamides is 1. The molecule has 0 saturated carbocycles. The van der Waals surface area contributed by atoms with Crippen molar-refractivity contribution in [1.29, 1.82) is 0 Å². The van der Waals surface area contributed by atoms with Gasteiger partial charge >= 0.3 is 0 Å². The van der Waals surface area contributed by atoms with Gasteiger partial charge in [0.15, 0.2) is 0 Å². The zero-order chi connectivity index (χ0) is 18.2. The van der Waals surface area contributed by atoms with E-state index >= 15 is 0 Å². The van der Waals surface area contributed by atoms with Gasteiger partial charge in [0.25, 0.3) is 0 Å². The standard InChI is InChI=1S/C18H30N2O3S/c1-5-12-19(13-6-2)18(21)11-14-20(24(4,22)23)15-17-10-8-7-9-16(17)3/h7-10H,5-6,11-15H2,1-4H3. The summed E-state index contributed by atoms with van der Waals surface area (Å²) < 4.78 is 25.6. The van der Waals surface area contributed by atoms with Crippen molar-refractivity contribution in [3.05, 3.63) is 35.4 Å². The highest BCUT2D eigenvalue weighted by atomic mass is 32.2. The van der Waals surface area contributed by atoms with E-state index in [1.165, 1.54) is 10.6 Å². The lowest BCUT2D eigenvalue weighted by Gasteiger charge is -2.24. The molecule has 24 heavy (non-hydrogen) atoms. The van der Waals surface area contributed by atoms with Crippen LogP contribution in [0.15, 0.2) is 24.3 Å². The van der Waals surface area contributed by atoms with Crippen LogP contribution in [0.3, 0.4) is 0 Å². The summed E-state index contributed by atoms with van der Waals surface area (Å²) in [6, 6.07) is 7.72. The Morgan fingerprint density at radius 3 is 2.12 bits per heavy atom. The van der Waals surface area contributed by atoms with Crippen molar-refractivity contribution in [2.45, 2.75) is 46.6 Å². The van der Waals surface area contributed by atoms with Crippen LogP contribution in [0.4, 0.5) is 0 Å². The van der Waals surface area contributed by atoms with Gasteiger partial charge in [-0.2, -0.15) is 4.31 Å². The van der Waals surface area contributed by atoms with E-state index in [-0.39, 0.29) is 18.9 Å². The van der Waals surface area contributed by atoms with Crippen molar-refractivity contribution in [1.82, 2.24) is 9.21 Å². The van der Waals surface area contributed by atoms with Gasteiger partial charge in [0, 0.05) is 32.6 Å². The monoisotopic (exact) mass is 354 g/mol. The van der Waals surface area contributed by atoms with Crippen LogP contribution in [0.2, 0.25) is 0 Å². The molecule has 0 atom stereocenters. The molecule has 1 aromatic carbocycles. The molecule has 0 unspecified atom stereocenters. The fraction of sp³-hybridized carbons (Fsp3) is 0.611. The lowest BCUT2D eigenvalue weighted by Crippen LogP contribution is -2.37. The van der Waals surface area contributed by atoms with E-state index in [4.69, 9.17) is 0 Å². The quantitative estimate of drug-likeness (QED) is 0.649. The number of carbonyl (C=O) groups is 1. The third-order valence-corrected chi connectivity index (χ3v) is 5.24. The Balaban J connectivity index is 2.77. The normalized spacial score (nSPS) is 11.7. The summed E-state index contributed by atoms with van der Waals surface area (Å²) in [5.74, 6) is 0.0251. The third-order valence-electron chi connectivity index (χ3n) is 3.99. The van der Waals surface area contributed by atoms with Crippen LogP contribution in [0.1, 0.15) is 44.2 Å². The van der Waals surface area contributed by atoms with Gasteiger partial charge in [0.1, 0.15) is 0 Å². The SMILES string of the molecule is CCCN(CCC)C(=O)CCN(Cc1ccccc1C)S(C)(=O)=O. The molecule has 0 spiro atoms. The van der Waals surface area contributed by atoms with Crippen molar-refractivity contribution in [2.24, 2.45) is 0 Å². The molecule has 5 nitrogen and oxygen atoms in total. The Morgan fingerprint density at radius 2 is 1.62 bits per heavy atom. The van der Waals surface area contributed by atoms with Crippen molar-refractivity contribution in [2.75, 3.05) is 25.9 Å². The topological polar surface area (TPSA) is 57.7 Å². The number of hydrogen-bond donors (Lipinski definition) is 0. The van der Waals surface area contributed by atoms with Crippen LogP contribution < -0.4 is 0 Å². The predicted octanol–water partition coefficient (Wildman–Crippen LogP) is 2.80. The molecule has 6 heteroatoms. The summed E-state index contributed by atoms with van der Waals surface area (Å²) in [5.41, 5.74) is 2.02. The molecular formula is C18H30N2O3S. The molecular weight excluding hydrogens is 324 g/mol. The number of rotatable bonds is 10. The van der Waals surface area contributed by atoms with Crippen molar-refractivity contribution in [3.63, 3.8) is 0 Å². The second-order valence-electron chi connectivity index (χ2n) is 6.15. The molecule has 0 saturated heterocycles. The van der Waals surface area contributed by atoms with Crippen LogP contribution in [0.5, 0.6) is 0 Å². The maximum absolute atomic E-state index is 12.4. The van der Waals surface area contributed by atoms with Gasteiger partial charge in [-0.25, -0.2) is 8.42 Å². The minimum absolute atomic E-state index is 0.0251. The largest absolute Gasteiger partial charge is 0.343 e. The summed E-state index contributed by atoms with van der Waals surface area (Å²) in [6.07, 6.45) is 3.24. The van der Waals surface area contributed by atoms with Gasteiger partial charge in [-0.3, -0.25) is 4.79 Å². The summed E-state index contributed by atoms with van der Waals surface area (Å²) in [7, 11) is -3.36. The Bertz CT molecular complexity index is 623. The van der Waals surface area contributed by atoms with Crippen LogP contribution >= 0.6 is 0 Å². The molecule has 136 valence electrons. The van der Waals surface area contributed by atoms with Crippen molar-refractivity contribution >= 4 is 15.9 Å². The molecule has 0 radical (unpaired) electrons. The van der Waals surface area contributed by atoms with E-state index in [1.54, 1.807) is 0 Å². The first-order valence-electron chi connectivity index (χ1n) is 8.57. The van der Waals surface area contributed by atoms with E-state index in [1.807, 2.05) is 49.9 Å². The van der Waals surface area contributed by atoms with Crippen LogP contribution in [-0.4, -0.2) is 49.4 Å². The maximum atomic E-state index is 12.4. The second kappa shape index (κ2) is 9.79. The Kier molecular flexibility index (Phi) is 8.42. The van der Waals surface area contributed by atoms with Gasteiger partial charge in [0.2, 0.25) is 15.9 Å². The van der Waals surface area contributed by atoms with Crippen LogP contribution in [0, 0.1) is 6.92 Å². The zero-order valence-electron chi connectivity index (χ0n) is 15.3. The molecule has 0 aliphatic carbocycles. The average Bonchev–Trinajstić information content (AvgIpc) is 2.51. The van der Waals surface area contributed by atoms with Gasteiger partial charge in [-0.1, -0.05) is 38.1 Å². The molecule has 0 bridgehead atoms. The highest BCUT2D eigenvalue weighted by Crippen LogP contribution is 2.14. The number of benzene rings is 1. The summed E-state index contributed by atoms with van der Waals surface area (Å²) in [4.78, 5) is 14.2. The first-order valence-corrected chi connectivity index (χ1v) is 10.4. The zero-order valence-corrected chi connectivity index (χ0v) is 16.1. The molecule has 0 aliphatic rings. The van der Waals surface area contributed by atoms with E-state index in [0.717, 1.165) is 37.1 Å². The highest BCUT2D eigenvalue weighted by Gasteiger charge is 2.20. The summed E-state index contributed by atoms with van der Waals surface area (Å²) >= 11 is 0. The molecule has 0 heterocycles. The third kappa shape index (κ3) is 6.61. The van der Waals surface area contributed by atoms with Gasteiger partial charge in [0.05, 0.1) is 6.26 Å². The average molecular weight is 355 g/mol. The number of aryl methyl sites for hydroxylation is 1. The molecule has 1 aromatic rings. The van der Waals surface area contributed by atoms with Gasteiger partial charge < -0.3 is 4.90 Å². The molecule has 0 aromatic heterocycles. The first kappa shape index (κ1) is 20.6. The minimum Gasteiger partial charge on any atom is -0.343 e. The molecule has 1 rings (SSSR count). The highest BCUT2D eigenvalue weighted by molar-refractivity contribution is 7.88. The van der Waals surface area contributed by atoms with Gasteiger partial charge in [-0.15, -0.1) is 0 Å². The lowest BCUT2D eigenvalue weighted by atomic mass is 10.1. The van der Waals surface area contributed by atoms with Crippen molar-refractivity contribution in [3.8, 4) is 0 Å². The Labute approximate surface area is 146 Å². The van der Waals surface area contributed by atoms with E-state index in [2.05, 4.69) is 0 Å². The second-order valence-corrected chi connectivity index (χ2v) is 8.14. The van der Waals surface area contributed by atoms with E-state index in [9.17, 15) is 13.2 Å². The smallest absolute Gasteiger partial charge is 0.223 e. The van der Waals surface area contributed by atoms with Crippen molar-refractivity contribution < 1.29 is 13.2 Å². The lowest BCUT2D eigenvalue weighted by molar-refractivity contribution is -0.131. The molecule has 0 N–H and O–H groups in total. The number of amides is 1.